The van der Waals surface area contributed by atoms with Crippen LogP contribution in [0.5, 0.6) is 11.5 Å². The van der Waals surface area contributed by atoms with Crippen LogP contribution < -0.4 is 15.2 Å². The predicted octanol–water partition coefficient (Wildman–Crippen LogP) is 2.29. The van der Waals surface area contributed by atoms with E-state index in [1.54, 1.807) is 12.1 Å². The third-order valence-corrected chi connectivity index (χ3v) is 2.35. The lowest BCUT2D eigenvalue weighted by atomic mass is 10.1. The van der Waals surface area contributed by atoms with Crippen molar-refractivity contribution in [3.8, 4) is 11.5 Å². The van der Waals surface area contributed by atoms with E-state index in [0.717, 1.165) is 18.4 Å². The average molecular weight is 229 g/mol. The Morgan fingerprint density at radius 3 is 2.69 bits per heavy atom. The normalized spacial score (nSPS) is 18.5. The maximum Gasteiger partial charge on any atom is 0.586 e. The SMILES string of the molecule is CC(N)CCc1ccc2c(c1)OC(F)(F)O2. The van der Waals surface area contributed by atoms with Crippen LogP contribution >= 0.6 is 0 Å². The van der Waals surface area contributed by atoms with Gasteiger partial charge in [0.25, 0.3) is 0 Å². The van der Waals surface area contributed by atoms with E-state index in [1.165, 1.54) is 6.07 Å². The van der Waals surface area contributed by atoms with Crippen LogP contribution in [0.4, 0.5) is 8.78 Å². The third kappa shape index (κ3) is 2.41. The molecule has 2 N–H and O–H groups in total. The summed E-state index contributed by atoms with van der Waals surface area (Å²) in [6.07, 6.45) is -2.00. The van der Waals surface area contributed by atoms with Gasteiger partial charge in [0.1, 0.15) is 0 Å². The fraction of sp³-hybridized carbons (Fsp3) is 0.455. The predicted molar refractivity (Wildman–Crippen MR) is 54.6 cm³/mol. The van der Waals surface area contributed by atoms with Gasteiger partial charge >= 0.3 is 6.29 Å². The molecule has 1 unspecified atom stereocenters. The molecule has 0 spiro atoms. The first kappa shape index (κ1) is 11.1. The molecule has 2 rings (SSSR count). The second-order valence-electron chi connectivity index (χ2n) is 3.96. The van der Waals surface area contributed by atoms with Gasteiger partial charge in [-0.3, -0.25) is 0 Å². The van der Waals surface area contributed by atoms with Crippen LogP contribution in [-0.2, 0) is 6.42 Å². The molecule has 1 aliphatic heterocycles. The minimum absolute atomic E-state index is 0.0783. The van der Waals surface area contributed by atoms with Crippen molar-refractivity contribution >= 4 is 0 Å². The highest BCUT2D eigenvalue weighted by molar-refractivity contribution is 5.45. The first-order valence-electron chi connectivity index (χ1n) is 5.10. The van der Waals surface area contributed by atoms with Gasteiger partial charge in [0, 0.05) is 6.04 Å². The van der Waals surface area contributed by atoms with Crippen molar-refractivity contribution < 1.29 is 18.3 Å². The van der Waals surface area contributed by atoms with Gasteiger partial charge < -0.3 is 15.2 Å². The Balaban J connectivity index is 2.10. The van der Waals surface area contributed by atoms with Gasteiger partial charge in [-0.1, -0.05) is 6.07 Å². The van der Waals surface area contributed by atoms with E-state index in [-0.39, 0.29) is 17.5 Å². The Labute approximate surface area is 92.1 Å². The highest BCUT2D eigenvalue weighted by atomic mass is 19.3. The van der Waals surface area contributed by atoms with Crippen molar-refractivity contribution in [2.24, 2.45) is 5.73 Å². The van der Waals surface area contributed by atoms with Gasteiger partial charge in [-0.15, -0.1) is 8.78 Å². The molecule has 0 aliphatic carbocycles. The lowest BCUT2D eigenvalue weighted by Gasteiger charge is -2.05. The van der Waals surface area contributed by atoms with Gasteiger partial charge in [0.15, 0.2) is 11.5 Å². The number of alkyl halides is 2. The molecule has 1 aliphatic rings. The lowest BCUT2D eigenvalue weighted by molar-refractivity contribution is -0.286. The number of nitrogens with two attached hydrogens (primary N) is 1. The highest BCUT2D eigenvalue weighted by Crippen LogP contribution is 2.41. The van der Waals surface area contributed by atoms with Crippen molar-refractivity contribution in [1.29, 1.82) is 0 Å². The van der Waals surface area contributed by atoms with E-state index in [9.17, 15) is 8.78 Å². The number of hydrogen-bond acceptors (Lipinski definition) is 3. The first-order chi connectivity index (χ1) is 7.46. The van der Waals surface area contributed by atoms with Gasteiger partial charge in [-0.25, -0.2) is 0 Å². The number of ether oxygens (including phenoxy) is 2. The quantitative estimate of drug-likeness (QED) is 0.864. The topological polar surface area (TPSA) is 44.5 Å². The molecule has 3 nitrogen and oxygen atoms in total. The number of rotatable bonds is 3. The van der Waals surface area contributed by atoms with E-state index in [2.05, 4.69) is 9.47 Å². The zero-order valence-corrected chi connectivity index (χ0v) is 8.87. The van der Waals surface area contributed by atoms with E-state index in [0.29, 0.717) is 0 Å². The maximum absolute atomic E-state index is 12.7. The van der Waals surface area contributed by atoms with Gasteiger partial charge in [0.05, 0.1) is 0 Å². The largest absolute Gasteiger partial charge is 0.586 e. The summed E-state index contributed by atoms with van der Waals surface area (Å²) in [5.74, 6) is 0.168. The van der Waals surface area contributed by atoms with Crippen LogP contribution in [0, 0.1) is 0 Å². The molecule has 1 atom stereocenters. The van der Waals surface area contributed by atoms with E-state index in [1.807, 2.05) is 6.92 Å². The smallest absolute Gasteiger partial charge is 0.395 e. The number of aryl methyl sites for hydroxylation is 1. The Morgan fingerprint density at radius 1 is 1.31 bits per heavy atom. The highest BCUT2D eigenvalue weighted by Gasteiger charge is 2.43. The Morgan fingerprint density at radius 2 is 2.00 bits per heavy atom. The molecule has 88 valence electrons. The van der Waals surface area contributed by atoms with E-state index >= 15 is 0 Å². The Kier molecular flexibility index (Phi) is 2.71. The van der Waals surface area contributed by atoms with E-state index in [4.69, 9.17) is 5.73 Å². The molecule has 0 radical (unpaired) electrons. The molecule has 0 saturated heterocycles. The van der Waals surface area contributed by atoms with Gasteiger partial charge in [-0.2, -0.15) is 0 Å². The first-order valence-corrected chi connectivity index (χ1v) is 5.10. The minimum Gasteiger partial charge on any atom is -0.395 e. The van der Waals surface area contributed by atoms with Crippen LogP contribution in [0.2, 0.25) is 0 Å². The molecule has 1 aromatic carbocycles. The molecular weight excluding hydrogens is 216 g/mol. The Hall–Kier alpha value is -1.36. The van der Waals surface area contributed by atoms with Crippen molar-refractivity contribution in [1.82, 2.24) is 0 Å². The molecular formula is C11H13F2NO2. The summed E-state index contributed by atoms with van der Waals surface area (Å²) in [6, 6.07) is 4.89. The molecule has 16 heavy (non-hydrogen) atoms. The van der Waals surface area contributed by atoms with Gasteiger partial charge in [-0.05, 0) is 37.5 Å². The zero-order chi connectivity index (χ0) is 11.8. The molecule has 0 fully saturated rings. The fourth-order valence-electron chi connectivity index (χ4n) is 1.54. The second-order valence-corrected chi connectivity index (χ2v) is 3.96. The third-order valence-electron chi connectivity index (χ3n) is 2.35. The average Bonchev–Trinajstić information content (AvgIpc) is 2.47. The molecule has 5 heteroatoms. The lowest BCUT2D eigenvalue weighted by Crippen LogP contribution is -2.25. The van der Waals surface area contributed by atoms with Crippen LogP contribution in [-0.4, -0.2) is 12.3 Å². The molecule has 0 saturated carbocycles. The molecule has 0 aromatic heterocycles. The van der Waals surface area contributed by atoms with Crippen LogP contribution in [0.1, 0.15) is 18.9 Å². The summed E-state index contributed by atoms with van der Waals surface area (Å²) < 4.78 is 34.1. The number of benzene rings is 1. The molecule has 0 bridgehead atoms. The summed E-state index contributed by atoms with van der Waals surface area (Å²) in [5, 5.41) is 0. The maximum atomic E-state index is 12.7. The molecule has 0 amide bonds. The van der Waals surface area contributed by atoms with Crippen LogP contribution in [0.15, 0.2) is 18.2 Å². The molecule has 1 heterocycles. The van der Waals surface area contributed by atoms with Crippen molar-refractivity contribution in [2.45, 2.75) is 32.1 Å². The molecule has 1 aromatic rings. The van der Waals surface area contributed by atoms with E-state index < -0.39 is 6.29 Å². The second kappa shape index (κ2) is 3.90. The number of hydrogen-bond donors (Lipinski definition) is 1. The van der Waals surface area contributed by atoms with Crippen molar-refractivity contribution in [2.75, 3.05) is 0 Å². The van der Waals surface area contributed by atoms with Gasteiger partial charge in [0.2, 0.25) is 0 Å². The zero-order valence-electron chi connectivity index (χ0n) is 8.87. The van der Waals surface area contributed by atoms with Crippen LogP contribution in [0.25, 0.3) is 0 Å². The fourth-order valence-corrected chi connectivity index (χ4v) is 1.54. The monoisotopic (exact) mass is 229 g/mol. The standard InChI is InChI=1S/C11H13F2NO2/c1-7(14)2-3-8-4-5-9-10(6-8)16-11(12,13)15-9/h4-7H,2-3,14H2,1H3. The summed E-state index contributed by atoms with van der Waals surface area (Å²) >= 11 is 0. The number of halogens is 2. The summed E-state index contributed by atoms with van der Waals surface area (Å²) in [5.41, 5.74) is 6.53. The van der Waals surface area contributed by atoms with Crippen molar-refractivity contribution in [3.05, 3.63) is 23.8 Å². The summed E-state index contributed by atoms with van der Waals surface area (Å²) in [4.78, 5) is 0. The Bertz CT molecular complexity index is 394. The number of fused-ring (bicyclic) bond motifs is 1. The minimum atomic E-state index is -3.54. The summed E-state index contributed by atoms with van der Waals surface area (Å²) in [6.45, 7) is 1.90. The van der Waals surface area contributed by atoms with Crippen molar-refractivity contribution in [3.63, 3.8) is 0 Å². The summed E-state index contributed by atoms with van der Waals surface area (Å²) in [7, 11) is 0. The van der Waals surface area contributed by atoms with Crippen LogP contribution in [0.3, 0.4) is 0 Å².